The number of nitrogens with one attached hydrogen (secondary N) is 3. The molecule has 244 valence electrons. The van der Waals surface area contributed by atoms with E-state index in [9.17, 15) is 13.6 Å². The lowest BCUT2D eigenvalue weighted by atomic mass is 9.24. The van der Waals surface area contributed by atoms with E-state index >= 15 is 0 Å². The zero-order chi connectivity index (χ0) is 41.6. The summed E-state index contributed by atoms with van der Waals surface area (Å²) in [7, 11) is 94.3. The van der Waals surface area contributed by atoms with Crippen LogP contribution in [0.1, 0.15) is 34.3 Å². The van der Waals surface area contributed by atoms with E-state index in [0.717, 1.165) is 11.0 Å². The molecule has 56 heavy (non-hydrogen) atoms. The van der Waals surface area contributed by atoms with E-state index in [0.29, 0.717) is 26.9 Å². The Bertz CT molecular complexity index is 2120. The summed E-state index contributed by atoms with van der Waals surface area (Å²) in [5.74, 6) is -2.01. The van der Waals surface area contributed by atoms with Crippen LogP contribution in [0.3, 0.4) is 0 Å². The number of carbonyl (C=O) groups excluding carboxylic acids is 1. The summed E-state index contributed by atoms with van der Waals surface area (Å²) in [5.41, 5.74) is 1.63. The summed E-state index contributed by atoms with van der Waals surface area (Å²) in [6, 6.07) is 11.7. The number of nitrogens with zero attached hydrogens (tertiary/aromatic N) is 3. The van der Waals surface area contributed by atoms with Crippen molar-refractivity contribution in [2.75, 3.05) is 15.5 Å². The van der Waals surface area contributed by atoms with E-state index in [-0.39, 0.29) is 42.0 Å². The monoisotopic (exact) mass is 710 g/mol. The van der Waals surface area contributed by atoms with Gasteiger partial charge in [0.1, 0.15) is 11.6 Å². The fourth-order valence-electron chi connectivity index (χ4n) is 7.38. The highest BCUT2D eigenvalue weighted by Crippen LogP contribution is 2.47. The van der Waals surface area contributed by atoms with Crippen molar-refractivity contribution in [2.24, 2.45) is 0 Å². The van der Waals surface area contributed by atoms with Gasteiger partial charge in [0.2, 0.25) is 0 Å². The number of hydrogen-bond acceptors (Lipinski definition) is 6. The van der Waals surface area contributed by atoms with Gasteiger partial charge in [-0.1, -0.05) is 11.3 Å². The van der Waals surface area contributed by atoms with Crippen LogP contribution in [0.25, 0.3) is 10.9 Å². The summed E-state index contributed by atoms with van der Waals surface area (Å²) in [6.45, 7) is 0. The SMILES string of the molecule is [B]C1([B])CC(Nc2cc(N3C([B])([B])C([B])([B])N(C([B])([B])[B])C([B])([B])C3([B])[B])ccc2C(=O)Nc2n[nH]c3ccc(Cc4cc(F)cc(F)c4)cc23)CC([B])([B])O1. The molecule has 2 aliphatic heterocycles. The number of aromatic amines is 1. The van der Waals surface area contributed by atoms with Gasteiger partial charge in [-0.15, -0.1) is 0 Å². The summed E-state index contributed by atoms with van der Waals surface area (Å²) < 4.78 is 33.2. The van der Waals surface area contributed by atoms with E-state index in [4.69, 9.17) is 122 Å². The Labute approximate surface area is 344 Å². The Hall–Kier alpha value is -3.05. The van der Waals surface area contributed by atoms with E-state index < -0.39 is 61.0 Å². The van der Waals surface area contributed by atoms with Crippen LogP contribution < -0.4 is 15.5 Å². The van der Waals surface area contributed by atoms with Gasteiger partial charge in [-0.05, 0) is 105 Å². The summed E-state index contributed by atoms with van der Waals surface area (Å²) in [6.07, 6.45) is 0.0703. The summed E-state index contributed by atoms with van der Waals surface area (Å²) >= 11 is 0. The number of amides is 1. The van der Waals surface area contributed by atoms with Gasteiger partial charge >= 0.3 is 0 Å². The maximum atomic E-state index is 14.2. The van der Waals surface area contributed by atoms with E-state index in [1.165, 1.54) is 30.3 Å². The zero-order valence-corrected chi connectivity index (χ0v) is 30.0. The van der Waals surface area contributed by atoms with Gasteiger partial charge in [-0.25, -0.2) is 8.78 Å². The normalized spacial score (nSPS) is 21.3. The second-order valence-corrected chi connectivity index (χ2v) is 14.7. The van der Waals surface area contributed by atoms with Crippen LogP contribution >= 0.6 is 0 Å². The number of benzene rings is 3. The van der Waals surface area contributed by atoms with Crippen LogP contribution in [0.4, 0.5) is 26.0 Å². The molecule has 0 spiro atoms. The minimum atomic E-state index is -2.55. The van der Waals surface area contributed by atoms with Crippen LogP contribution in [0.15, 0.2) is 54.6 Å². The predicted molar refractivity (Wildman–Crippen MR) is 227 cm³/mol. The van der Waals surface area contributed by atoms with Crippen molar-refractivity contribution in [1.29, 1.82) is 0 Å². The maximum absolute atomic E-state index is 14.2. The Morgan fingerprint density at radius 2 is 1.36 bits per heavy atom. The fraction of sp³-hybridized carbons (Fsp3) is 0.355. The molecule has 3 aromatic carbocycles. The van der Waals surface area contributed by atoms with Crippen LogP contribution in [0.5, 0.6) is 0 Å². The molecule has 2 aliphatic rings. The highest BCUT2D eigenvalue weighted by molar-refractivity contribution is 6.66. The number of H-pyrrole nitrogens is 1. The molecule has 0 atom stereocenters. The molecule has 30 radical (unpaired) electrons. The van der Waals surface area contributed by atoms with Crippen molar-refractivity contribution in [3.63, 3.8) is 0 Å². The van der Waals surface area contributed by atoms with Gasteiger partial charge < -0.3 is 25.2 Å². The van der Waals surface area contributed by atoms with Crippen molar-refractivity contribution in [2.45, 2.75) is 62.7 Å². The molecule has 8 nitrogen and oxygen atoms in total. The Morgan fingerprint density at radius 1 is 0.786 bits per heavy atom. The topological polar surface area (TPSA) is 85.5 Å². The van der Waals surface area contributed by atoms with Crippen LogP contribution in [0.2, 0.25) is 0 Å². The smallest absolute Gasteiger partial charge is 0.258 e. The first-order valence-electron chi connectivity index (χ1n) is 16.8. The minimum absolute atomic E-state index is 0.0107. The number of hydrogen-bond donors (Lipinski definition) is 3. The summed E-state index contributed by atoms with van der Waals surface area (Å²) in [4.78, 5) is 15.7. The van der Waals surface area contributed by atoms with Gasteiger partial charge in [0.25, 0.3) is 5.91 Å². The van der Waals surface area contributed by atoms with Crippen LogP contribution in [0, 0.1) is 11.6 Å². The highest BCUT2D eigenvalue weighted by Gasteiger charge is 2.61. The lowest BCUT2D eigenvalue weighted by Gasteiger charge is -2.79. The Balaban J connectivity index is 1.41. The molecule has 2 fully saturated rings. The second kappa shape index (κ2) is 14.1. The molecule has 1 amide bonds. The van der Waals surface area contributed by atoms with E-state index in [2.05, 4.69) is 20.8 Å². The first kappa shape index (κ1) is 42.6. The number of aromatic nitrogens is 2. The summed E-state index contributed by atoms with van der Waals surface area (Å²) in [5, 5.41) is -2.64. The molecular formula is C31H19B15F2N6O2. The second-order valence-electron chi connectivity index (χ2n) is 14.7. The number of carbonyl (C=O) groups is 1. The van der Waals surface area contributed by atoms with Gasteiger partial charge in [-0.3, -0.25) is 9.89 Å². The Morgan fingerprint density at radius 3 is 1.91 bits per heavy atom. The molecule has 3 N–H and O–H groups in total. The fourth-order valence-corrected chi connectivity index (χ4v) is 7.38. The molecule has 0 unspecified atom stereocenters. The number of ether oxygens (including phenoxy) is 1. The average Bonchev–Trinajstić information content (AvgIpc) is 3.38. The van der Waals surface area contributed by atoms with Crippen molar-refractivity contribution in [3.05, 3.63) is 82.9 Å². The van der Waals surface area contributed by atoms with Crippen LogP contribution in [-0.2, 0) is 11.2 Å². The molecule has 0 aliphatic carbocycles. The first-order chi connectivity index (χ1) is 25.6. The highest BCUT2D eigenvalue weighted by atomic mass is 19.1. The molecule has 2 saturated heterocycles. The van der Waals surface area contributed by atoms with E-state index in [1.54, 1.807) is 18.2 Å². The third kappa shape index (κ3) is 7.77. The molecule has 1 aromatic heterocycles. The average molecular weight is 708 g/mol. The standard InChI is InChI=1S/C31H19B15F2N6O2/c32-25(33)11-17(12-26(34,35)56-25)49-22-10-18(53-27(36,37)29(40,41)54(31(44,45)46)30(42,43)28(53,38)39)2-3-19(22)24(55)50-23-20-8-13(1-4-21(20)51-52-23)5-14-6-15(47)9-16(48)7-14/h1-4,6-10,17,49H,5,11-12H2,(H2,50,51,52,55). The largest absolute Gasteiger partial charge is 0.407 e. The quantitative estimate of drug-likeness (QED) is 0.175. The van der Waals surface area contributed by atoms with Gasteiger partial charge in [0.05, 0.1) is 129 Å². The molecule has 4 aromatic rings. The first-order valence-corrected chi connectivity index (χ1v) is 16.8. The van der Waals surface area contributed by atoms with Gasteiger partial charge in [0, 0.05) is 28.9 Å². The number of anilines is 3. The number of piperazine rings is 1. The minimum Gasteiger partial charge on any atom is -0.407 e. The lowest BCUT2D eigenvalue weighted by molar-refractivity contribution is -0.0184. The lowest BCUT2D eigenvalue weighted by Crippen LogP contribution is -2.95. The number of halogens is 2. The third-order valence-corrected chi connectivity index (χ3v) is 9.72. The zero-order valence-electron chi connectivity index (χ0n) is 30.0. The van der Waals surface area contributed by atoms with Crippen molar-refractivity contribution in [1.82, 2.24) is 15.1 Å². The van der Waals surface area contributed by atoms with E-state index in [1.807, 2.05) is 0 Å². The van der Waals surface area contributed by atoms with Crippen molar-refractivity contribution >= 4 is 152 Å². The van der Waals surface area contributed by atoms with Gasteiger partial charge in [0.15, 0.2) is 5.82 Å². The number of rotatable bonds is 8. The van der Waals surface area contributed by atoms with Gasteiger partial charge in [-0.2, -0.15) is 5.10 Å². The van der Waals surface area contributed by atoms with Crippen molar-refractivity contribution in [3.8, 4) is 0 Å². The van der Waals surface area contributed by atoms with Crippen LogP contribution in [-0.4, -0.2) is 182 Å². The third-order valence-electron chi connectivity index (χ3n) is 9.72. The van der Waals surface area contributed by atoms with Crippen molar-refractivity contribution < 1.29 is 18.3 Å². The number of fused-ring (bicyclic) bond motifs is 1. The predicted octanol–water partition coefficient (Wildman–Crippen LogP) is -2.54. The molecule has 3 heterocycles. The molecular weight excluding hydrogens is 689 g/mol. The Kier molecular flexibility index (Phi) is 10.7. The maximum Gasteiger partial charge on any atom is 0.258 e. The molecule has 25 heteroatoms. The molecule has 0 saturated carbocycles. The molecule has 0 bridgehead atoms. The molecule has 6 rings (SSSR count).